The molecule has 0 atom stereocenters. The summed E-state index contributed by atoms with van der Waals surface area (Å²) in [6.07, 6.45) is 24.5. The van der Waals surface area contributed by atoms with Crippen molar-refractivity contribution < 1.29 is 22.1 Å². The zero-order valence-corrected chi connectivity index (χ0v) is 19.1. The van der Waals surface area contributed by atoms with Crippen LogP contribution in [-0.4, -0.2) is 40.7 Å². The Labute approximate surface area is 169 Å². The fourth-order valence-corrected chi connectivity index (χ4v) is 2.73. The first kappa shape index (κ1) is 28.8. The van der Waals surface area contributed by atoms with Gasteiger partial charge in [0.2, 0.25) is 10.4 Å². The van der Waals surface area contributed by atoms with Crippen molar-refractivity contribution in [2.45, 2.75) is 96.8 Å². The van der Waals surface area contributed by atoms with Crippen LogP contribution in [0.25, 0.3) is 0 Å². The highest BCUT2D eigenvalue weighted by atomic mass is 32.3. The fourth-order valence-electron chi connectivity index (χ4n) is 2.73. The van der Waals surface area contributed by atoms with Gasteiger partial charge in [-0.05, 0) is 38.5 Å². The van der Waals surface area contributed by atoms with Crippen molar-refractivity contribution in [3.63, 3.8) is 0 Å². The van der Waals surface area contributed by atoms with Crippen molar-refractivity contribution in [2.75, 3.05) is 27.7 Å². The molecule has 0 aromatic heterocycles. The lowest BCUT2D eigenvalue weighted by atomic mass is 10.1. The van der Waals surface area contributed by atoms with E-state index in [1.54, 1.807) is 4.90 Å². The maximum Gasteiger partial charge on any atom is 0.217 e. The summed E-state index contributed by atoms with van der Waals surface area (Å²) in [5.41, 5.74) is 0. The average molecular weight is 408 g/mol. The van der Waals surface area contributed by atoms with Crippen LogP contribution in [0.5, 0.6) is 0 Å². The Bertz CT molecular complexity index is 408. The smallest absolute Gasteiger partial charge is 0.217 e. The monoisotopic (exact) mass is 407 g/mol. The minimum atomic E-state index is -4.41. The number of rotatable bonds is 17. The standard InChI is InChI=1S/C20H41N.CH4O4S/c1-4-5-6-7-8-9-10-11-12-13-14-15-16-17-18-19-20-21(2)3;1-5-6(2,3)4/h11-12H,4-10,13-20H2,1-3H3;1H3,(H,2,3,4)/b12-11-;. The molecule has 164 valence electrons. The van der Waals surface area contributed by atoms with E-state index in [0.717, 1.165) is 7.11 Å². The molecule has 0 aliphatic carbocycles. The maximum atomic E-state index is 9.22. The van der Waals surface area contributed by atoms with Crippen molar-refractivity contribution in [3.05, 3.63) is 12.2 Å². The number of unbranched alkanes of at least 4 members (excludes halogenated alkanes) is 12. The minimum absolute atomic E-state index is 0.808. The van der Waals surface area contributed by atoms with Gasteiger partial charge in [-0.2, -0.15) is 0 Å². The molecule has 0 amide bonds. The zero-order chi connectivity index (χ0) is 20.8. The molecule has 0 saturated carbocycles. The molecule has 0 spiro atoms. The molecule has 0 radical (unpaired) electrons. The molecular weight excluding hydrogens is 362 g/mol. The van der Waals surface area contributed by atoms with Gasteiger partial charge in [-0.3, -0.25) is 4.18 Å². The summed E-state index contributed by atoms with van der Waals surface area (Å²) < 4.78 is 31.0. The second-order valence-corrected chi connectivity index (χ2v) is 8.62. The largest absolute Gasteiger partial charge is 0.726 e. The topological polar surface area (TPSA) is 70.9 Å². The van der Waals surface area contributed by atoms with Crippen LogP contribution in [0, 0.1) is 0 Å². The van der Waals surface area contributed by atoms with E-state index < -0.39 is 10.4 Å². The van der Waals surface area contributed by atoms with Crippen LogP contribution in [0.15, 0.2) is 12.2 Å². The third kappa shape index (κ3) is 33.6. The average Bonchev–Trinajstić information content (AvgIpc) is 2.61. The quantitative estimate of drug-likeness (QED) is 0.169. The summed E-state index contributed by atoms with van der Waals surface area (Å²) in [7, 11) is 0.891. The highest BCUT2D eigenvalue weighted by Crippen LogP contribution is 2.09. The van der Waals surface area contributed by atoms with Crippen LogP contribution in [0.3, 0.4) is 0 Å². The summed E-state index contributed by atoms with van der Waals surface area (Å²) in [6, 6.07) is 0. The van der Waals surface area contributed by atoms with Crippen LogP contribution in [-0.2, 0) is 14.6 Å². The van der Waals surface area contributed by atoms with E-state index in [9.17, 15) is 13.0 Å². The Morgan fingerprint density at radius 3 is 1.52 bits per heavy atom. The first-order valence-electron chi connectivity index (χ1n) is 10.8. The Hall–Kier alpha value is -0.430. The molecule has 0 saturated heterocycles. The molecular formula is C21H45NO4S. The molecule has 6 heteroatoms. The first-order chi connectivity index (χ1) is 12.8. The summed E-state index contributed by atoms with van der Waals surface area (Å²) in [6.45, 7) is 3.62. The van der Waals surface area contributed by atoms with E-state index >= 15 is 0 Å². The number of nitrogens with one attached hydrogen (secondary N) is 1. The van der Waals surface area contributed by atoms with Gasteiger partial charge in [0.1, 0.15) is 0 Å². The second-order valence-electron chi connectivity index (χ2n) is 7.47. The van der Waals surface area contributed by atoms with Gasteiger partial charge in [-0.15, -0.1) is 0 Å². The highest BCUT2D eigenvalue weighted by Gasteiger charge is 1.94. The van der Waals surface area contributed by atoms with Gasteiger partial charge in [0.25, 0.3) is 0 Å². The Balaban J connectivity index is 0. The van der Waals surface area contributed by atoms with Gasteiger partial charge in [-0.1, -0.05) is 70.4 Å². The van der Waals surface area contributed by atoms with E-state index in [0.29, 0.717) is 0 Å². The van der Waals surface area contributed by atoms with E-state index in [-0.39, 0.29) is 0 Å². The summed E-state index contributed by atoms with van der Waals surface area (Å²) in [5, 5.41) is 0. The number of allylic oxidation sites excluding steroid dienone is 2. The van der Waals surface area contributed by atoms with Gasteiger partial charge >= 0.3 is 0 Å². The van der Waals surface area contributed by atoms with Crippen molar-refractivity contribution >= 4 is 10.4 Å². The van der Waals surface area contributed by atoms with E-state index in [1.165, 1.54) is 96.4 Å². The summed E-state index contributed by atoms with van der Waals surface area (Å²) in [5.74, 6) is 0. The molecule has 0 fully saturated rings. The van der Waals surface area contributed by atoms with Crippen molar-refractivity contribution in [2.24, 2.45) is 0 Å². The SMILES string of the molecule is CCCCCCCC/C=C\CCCCCCCC[NH+](C)C.COS(=O)(=O)[O-]. The molecule has 1 N–H and O–H groups in total. The highest BCUT2D eigenvalue weighted by molar-refractivity contribution is 7.80. The molecule has 0 aromatic rings. The van der Waals surface area contributed by atoms with E-state index in [1.807, 2.05) is 0 Å². The fraction of sp³-hybridized carbons (Fsp3) is 0.905. The Kier molecular flexibility index (Phi) is 23.3. The van der Waals surface area contributed by atoms with Crippen molar-refractivity contribution in [1.29, 1.82) is 0 Å². The lowest BCUT2D eigenvalue weighted by molar-refractivity contribution is -0.858. The number of hydrogen-bond acceptors (Lipinski definition) is 4. The molecule has 0 aliphatic heterocycles. The zero-order valence-electron chi connectivity index (χ0n) is 18.3. The number of hydrogen-bond donors (Lipinski definition) is 1. The summed E-state index contributed by atoms with van der Waals surface area (Å²) >= 11 is 0. The normalized spacial score (nSPS) is 11.8. The first-order valence-corrected chi connectivity index (χ1v) is 12.1. The van der Waals surface area contributed by atoms with Crippen LogP contribution < -0.4 is 4.90 Å². The van der Waals surface area contributed by atoms with Gasteiger partial charge in [0.15, 0.2) is 0 Å². The van der Waals surface area contributed by atoms with Crippen LogP contribution in [0.2, 0.25) is 0 Å². The lowest BCUT2D eigenvalue weighted by Crippen LogP contribution is -3.05. The predicted molar refractivity (Wildman–Crippen MR) is 114 cm³/mol. The molecule has 27 heavy (non-hydrogen) atoms. The molecule has 5 nitrogen and oxygen atoms in total. The van der Waals surface area contributed by atoms with Gasteiger partial charge in [-0.25, -0.2) is 8.42 Å². The summed E-state index contributed by atoms with van der Waals surface area (Å²) in [4.78, 5) is 1.59. The second kappa shape index (κ2) is 21.9. The molecule has 0 bridgehead atoms. The maximum absolute atomic E-state index is 9.22. The minimum Gasteiger partial charge on any atom is -0.726 e. The third-order valence-corrected chi connectivity index (χ3v) is 4.80. The molecule has 0 aliphatic rings. The van der Waals surface area contributed by atoms with Gasteiger partial charge < -0.3 is 9.45 Å². The van der Waals surface area contributed by atoms with E-state index in [4.69, 9.17) is 0 Å². The van der Waals surface area contributed by atoms with E-state index in [2.05, 4.69) is 37.4 Å². The molecule has 0 aromatic carbocycles. The van der Waals surface area contributed by atoms with Gasteiger partial charge in [0, 0.05) is 0 Å². The molecule has 0 heterocycles. The third-order valence-electron chi connectivity index (χ3n) is 4.39. The lowest BCUT2D eigenvalue weighted by Gasteiger charge is -2.06. The van der Waals surface area contributed by atoms with Crippen molar-refractivity contribution in [1.82, 2.24) is 0 Å². The Morgan fingerprint density at radius 1 is 0.778 bits per heavy atom. The van der Waals surface area contributed by atoms with Crippen molar-refractivity contribution in [3.8, 4) is 0 Å². The molecule has 0 unspecified atom stereocenters. The van der Waals surface area contributed by atoms with Gasteiger partial charge in [0.05, 0.1) is 27.7 Å². The molecule has 0 rings (SSSR count). The van der Waals surface area contributed by atoms with Crippen LogP contribution >= 0.6 is 0 Å². The number of quaternary nitrogens is 1. The predicted octanol–water partition coefficient (Wildman–Crippen LogP) is 4.26. The Morgan fingerprint density at radius 2 is 1.15 bits per heavy atom. The van der Waals surface area contributed by atoms with Crippen LogP contribution in [0.4, 0.5) is 0 Å². The van der Waals surface area contributed by atoms with Crippen LogP contribution in [0.1, 0.15) is 96.8 Å².